The molecule has 0 aliphatic heterocycles. The molecule has 3 N–H and O–H groups in total. The van der Waals surface area contributed by atoms with E-state index in [-0.39, 0.29) is 0 Å². The molecule has 2 heterocycles. The number of hydrogen-bond donors (Lipinski definition) is 3. The monoisotopic (exact) mass is 394 g/mol. The summed E-state index contributed by atoms with van der Waals surface area (Å²) >= 11 is 6.05. The summed E-state index contributed by atoms with van der Waals surface area (Å²) in [6, 6.07) is 15.8. The minimum atomic E-state index is 0.703. The number of halogens is 1. The molecule has 0 fully saturated rings. The van der Waals surface area contributed by atoms with E-state index in [1.807, 2.05) is 54.7 Å². The average Bonchev–Trinajstić information content (AvgIpc) is 3.10. The van der Waals surface area contributed by atoms with Crippen molar-refractivity contribution < 1.29 is 0 Å². The van der Waals surface area contributed by atoms with Gasteiger partial charge in [0.05, 0.1) is 16.6 Å². The van der Waals surface area contributed by atoms with Crippen LogP contribution in [0.4, 0.5) is 11.6 Å². The lowest BCUT2D eigenvalue weighted by atomic mass is 10.2. The van der Waals surface area contributed by atoms with E-state index in [4.69, 9.17) is 11.6 Å². The molecule has 0 radical (unpaired) electrons. The second kappa shape index (κ2) is 8.46. The van der Waals surface area contributed by atoms with E-state index in [1.54, 1.807) is 0 Å². The number of likely N-dealkylation sites (N-methyl/N-ethyl adjacent to an activating group) is 1. The van der Waals surface area contributed by atoms with Crippen molar-refractivity contribution in [2.75, 3.05) is 43.9 Å². The summed E-state index contributed by atoms with van der Waals surface area (Å²) in [5, 5.41) is 8.64. The first-order chi connectivity index (χ1) is 13.7. The summed E-state index contributed by atoms with van der Waals surface area (Å²) in [6.07, 6.45) is 1.81. The van der Waals surface area contributed by atoms with Gasteiger partial charge in [-0.15, -0.1) is 0 Å². The summed E-state index contributed by atoms with van der Waals surface area (Å²) in [6.45, 7) is 3.53. The fourth-order valence-electron chi connectivity index (χ4n) is 3.17. The Hall–Kier alpha value is -2.83. The van der Waals surface area contributed by atoms with Crippen LogP contribution >= 0.6 is 11.6 Å². The highest BCUT2D eigenvalue weighted by atomic mass is 35.5. The Bertz CT molecular complexity index is 1040. The number of pyridine rings is 1. The molecule has 4 aromatic rings. The number of aromatic nitrogens is 3. The quantitative estimate of drug-likeness (QED) is 0.417. The Morgan fingerprint density at radius 2 is 1.82 bits per heavy atom. The fraction of sp³-hybridized carbons (Fsp3) is 0.238. The molecule has 0 aliphatic carbocycles. The molecule has 2 aromatic carbocycles. The molecule has 2 aromatic heterocycles. The number of H-pyrrole nitrogens is 1. The van der Waals surface area contributed by atoms with Crippen LogP contribution in [-0.2, 0) is 0 Å². The van der Waals surface area contributed by atoms with Gasteiger partial charge in [0.15, 0.2) is 0 Å². The molecule has 0 bridgehead atoms. The van der Waals surface area contributed by atoms with Gasteiger partial charge in [0.1, 0.15) is 0 Å². The number of para-hydroxylation sites is 2. The first-order valence-corrected chi connectivity index (χ1v) is 9.72. The zero-order valence-electron chi connectivity index (χ0n) is 15.7. The number of hydrogen-bond acceptors (Lipinski definition) is 5. The van der Waals surface area contributed by atoms with Gasteiger partial charge in [0, 0.05) is 48.5 Å². The molecular formula is C21H23ClN6. The molecule has 6 nitrogen and oxygen atoms in total. The summed E-state index contributed by atoms with van der Waals surface area (Å²) in [4.78, 5) is 14.5. The third kappa shape index (κ3) is 4.35. The van der Waals surface area contributed by atoms with Crippen LogP contribution in [0, 0.1) is 0 Å². The van der Waals surface area contributed by atoms with Crippen molar-refractivity contribution in [2.24, 2.45) is 0 Å². The second-order valence-corrected chi connectivity index (χ2v) is 7.22. The van der Waals surface area contributed by atoms with Crippen LogP contribution in [0.15, 0.2) is 54.7 Å². The smallest absolute Gasteiger partial charge is 0.201 e. The van der Waals surface area contributed by atoms with Crippen molar-refractivity contribution in [1.82, 2.24) is 19.9 Å². The summed E-state index contributed by atoms with van der Waals surface area (Å²) in [5.74, 6) is 0.814. The van der Waals surface area contributed by atoms with Crippen molar-refractivity contribution in [3.8, 4) is 0 Å². The normalized spacial score (nSPS) is 11.4. The summed E-state index contributed by atoms with van der Waals surface area (Å²) in [7, 11) is 2.12. The first-order valence-electron chi connectivity index (χ1n) is 9.34. The van der Waals surface area contributed by atoms with Gasteiger partial charge in [-0.2, -0.15) is 0 Å². The molecule has 0 unspecified atom stereocenters. The van der Waals surface area contributed by atoms with E-state index < -0.39 is 0 Å². The zero-order valence-corrected chi connectivity index (χ0v) is 16.5. The molecule has 0 amide bonds. The van der Waals surface area contributed by atoms with E-state index >= 15 is 0 Å². The number of imidazole rings is 1. The Morgan fingerprint density at radius 3 is 2.68 bits per heavy atom. The third-order valence-electron chi connectivity index (χ3n) is 4.69. The molecule has 144 valence electrons. The molecule has 0 aliphatic rings. The van der Waals surface area contributed by atoms with Gasteiger partial charge in [-0.05, 0) is 43.4 Å². The van der Waals surface area contributed by atoms with Crippen molar-refractivity contribution >= 4 is 45.2 Å². The summed E-state index contributed by atoms with van der Waals surface area (Å²) in [5.41, 5.74) is 4.01. The lowest BCUT2D eigenvalue weighted by Gasteiger charge is -2.18. The predicted molar refractivity (Wildman–Crippen MR) is 117 cm³/mol. The van der Waals surface area contributed by atoms with Gasteiger partial charge in [-0.3, -0.25) is 4.98 Å². The van der Waals surface area contributed by atoms with E-state index in [0.717, 1.165) is 59.8 Å². The van der Waals surface area contributed by atoms with E-state index in [1.165, 1.54) is 0 Å². The topological polar surface area (TPSA) is 68.9 Å². The number of nitrogens with one attached hydrogen (secondary N) is 3. The number of rotatable bonds is 8. The van der Waals surface area contributed by atoms with Crippen molar-refractivity contribution in [2.45, 2.75) is 0 Å². The van der Waals surface area contributed by atoms with Crippen molar-refractivity contribution in [1.29, 1.82) is 0 Å². The molecule has 7 heteroatoms. The highest BCUT2D eigenvalue weighted by Crippen LogP contribution is 2.24. The minimum absolute atomic E-state index is 0.703. The Balaban J connectivity index is 1.24. The maximum absolute atomic E-state index is 6.05. The maximum atomic E-state index is 6.05. The van der Waals surface area contributed by atoms with Gasteiger partial charge >= 0.3 is 0 Å². The largest absolute Gasteiger partial charge is 0.383 e. The van der Waals surface area contributed by atoms with Crippen LogP contribution in [0.25, 0.3) is 21.9 Å². The van der Waals surface area contributed by atoms with Crippen LogP contribution < -0.4 is 10.6 Å². The highest BCUT2D eigenvalue weighted by molar-refractivity contribution is 6.31. The lowest BCUT2D eigenvalue weighted by molar-refractivity contribution is 0.360. The van der Waals surface area contributed by atoms with Crippen LogP contribution in [0.3, 0.4) is 0 Å². The van der Waals surface area contributed by atoms with E-state index in [9.17, 15) is 0 Å². The number of fused-ring (bicyclic) bond motifs is 2. The minimum Gasteiger partial charge on any atom is -0.383 e. The third-order valence-corrected chi connectivity index (χ3v) is 4.92. The lowest BCUT2D eigenvalue weighted by Crippen LogP contribution is -2.30. The molecule has 0 saturated carbocycles. The molecule has 4 rings (SSSR count). The number of aromatic amines is 1. The second-order valence-electron chi connectivity index (χ2n) is 6.78. The molecule has 0 saturated heterocycles. The predicted octanol–water partition coefficient (Wildman–Crippen LogP) is 4.22. The van der Waals surface area contributed by atoms with Gasteiger partial charge < -0.3 is 20.5 Å². The molecule has 0 spiro atoms. The SMILES string of the molecule is CN(CCNc1nc2ccccc2[nH]1)CCNc1ccnc2cc(Cl)ccc12. The Morgan fingerprint density at radius 1 is 1.00 bits per heavy atom. The Kier molecular flexibility index (Phi) is 5.60. The number of benzene rings is 2. The van der Waals surface area contributed by atoms with Gasteiger partial charge in [0.25, 0.3) is 0 Å². The van der Waals surface area contributed by atoms with Gasteiger partial charge in [0.2, 0.25) is 5.95 Å². The van der Waals surface area contributed by atoms with Crippen molar-refractivity contribution in [3.05, 3.63) is 59.8 Å². The zero-order chi connectivity index (χ0) is 19.3. The van der Waals surface area contributed by atoms with Gasteiger partial charge in [-0.1, -0.05) is 23.7 Å². The van der Waals surface area contributed by atoms with E-state index in [0.29, 0.717) is 5.02 Å². The molecule has 0 atom stereocenters. The Labute approximate surface area is 168 Å². The van der Waals surface area contributed by atoms with E-state index in [2.05, 4.69) is 37.5 Å². The first kappa shape index (κ1) is 18.5. The molecular weight excluding hydrogens is 372 g/mol. The number of anilines is 2. The standard InChI is InChI=1S/C21H23ClN6/c1-28(13-11-25-21-26-18-4-2-3-5-19(18)27-21)12-10-24-17-8-9-23-20-14-15(22)6-7-16(17)20/h2-9,14H,10-13H2,1H3,(H,23,24)(H2,25,26,27). The highest BCUT2D eigenvalue weighted by Gasteiger charge is 2.04. The van der Waals surface area contributed by atoms with Crippen LogP contribution in [0.2, 0.25) is 5.02 Å². The van der Waals surface area contributed by atoms with Crippen LogP contribution in [0.5, 0.6) is 0 Å². The average molecular weight is 395 g/mol. The fourth-order valence-corrected chi connectivity index (χ4v) is 3.34. The van der Waals surface area contributed by atoms with Crippen LogP contribution in [0.1, 0.15) is 0 Å². The van der Waals surface area contributed by atoms with Gasteiger partial charge in [-0.25, -0.2) is 4.98 Å². The summed E-state index contributed by atoms with van der Waals surface area (Å²) < 4.78 is 0. The number of nitrogens with zero attached hydrogens (tertiary/aromatic N) is 3. The maximum Gasteiger partial charge on any atom is 0.201 e. The van der Waals surface area contributed by atoms with Crippen molar-refractivity contribution in [3.63, 3.8) is 0 Å². The molecule has 28 heavy (non-hydrogen) atoms. The van der Waals surface area contributed by atoms with Crippen LogP contribution in [-0.4, -0.2) is 53.1 Å².